The third kappa shape index (κ3) is 3.51. The van der Waals surface area contributed by atoms with E-state index in [4.69, 9.17) is 4.98 Å². The van der Waals surface area contributed by atoms with Crippen LogP contribution < -0.4 is 4.90 Å². The Kier molecular flexibility index (Phi) is 5.42. The second kappa shape index (κ2) is 6.88. The Morgan fingerprint density at radius 1 is 1.15 bits per heavy atom. The van der Waals surface area contributed by atoms with E-state index in [1.54, 1.807) is 0 Å². The zero-order valence-corrected chi connectivity index (χ0v) is 14.5. The van der Waals surface area contributed by atoms with Crippen molar-refractivity contribution >= 4 is 21.7 Å². The van der Waals surface area contributed by atoms with Gasteiger partial charge in [-0.3, -0.25) is 0 Å². The van der Waals surface area contributed by atoms with Crippen molar-refractivity contribution in [1.29, 1.82) is 0 Å². The Morgan fingerprint density at radius 3 is 2.35 bits per heavy atom. The van der Waals surface area contributed by atoms with E-state index < -0.39 is 0 Å². The van der Waals surface area contributed by atoms with Gasteiger partial charge in [-0.05, 0) is 40.6 Å². The molecule has 0 bridgehead atoms. The fourth-order valence-electron chi connectivity index (χ4n) is 3.12. The zero-order chi connectivity index (χ0) is 14.6. The van der Waals surface area contributed by atoms with Gasteiger partial charge in [-0.15, -0.1) is 0 Å². The highest BCUT2D eigenvalue weighted by Gasteiger charge is 2.31. The van der Waals surface area contributed by atoms with Crippen molar-refractivity contribution in [2.45, 2.75) is 59.3 Å². The second-order valence-corrected chi connectivity index (χ2v) is 6.72. The number of aryl methyl sites for hydroxylation is 1. The molecule has 0 unspecified atom stereocenters. The summed E-state index contributed by atoms with van der Waals surface area (Å²) < 4.78 is 0.911. The summed E-state index contributed by atoms with van der Waals surface area (Å²) in [6, 6.07) is 2.06. The molecule has 112 valence electrons. The minimum absolute atomic E-state index is 0.563. The van der Waals surface area contributed by atoms with Crippen LogP contribution in [0, 0.1) is 5.41 Å². The lowest BCUT2D eigenvalue weighted by atomic mass is 9.74. The van der Waals surface area contributed by atoms with E-state index in [0.29, 0.717) is 5.41 Å². The average molecular weight is 340 g/mol. The molecule has 2 rings (SSSR count). The summed E-state index contributed by atoms with van der Waals surface area (Å²) in [7, 11) is 0. The zero-order valence-electron chi connectivity index (χ0n) is 13.0. The second-order valence-electron chi connectivity index (χ2n) is 5.91. The van der Waals surface area contributed by atoms with Crippen LogP contribution in [0.15, 0.2) is 10.7 Å². The molecule has 0 N–H and O–H groups in total. The quantitative estimate of drug-likeness (QED) is 0.734. The molecule has 1 aliphatic rings. The molecule has 1 aromatic heterocycles. The van der Waals surface area contributed by atoms with Crippen molar-refractivity contribution < 1.29 is 0 Å². The summed E-state index contributed by atoms with van der Waals surface area (Å²) in [5.74, 6) is 2.05. The van der Waals surface area contributed by atoms with Gasteiger partial charge in [0.1, 0.15) is 16.2 Å². The molecule has 1 aromatic rings. The monoisotopic (exact) mass is 339 g/mol. The summed E-state index contributed by atoms with van der Waals surface area (Å²) in [6.07, 6.45) is 7.20. The normalized spacial score (nSPS) is 18.3. The highest BCUT2D eigenvalue weighted by molar-refractivity contribution is 9.10. The molecular formula is C16H26BrN3. The maximum absolute atomic E-state index is 4.73. The van der Waals surface area contributed by atoms with E-state index in [1.807, 2.05) is 0 Å². The van der Waals surface area contributed by atoms with Crippen molar-refractivity contribution in [2.24, 2.45) is 5.41 Å². The lowest BCUT2D eigenvalue weighted by molar-refractivity contribution is 0.199. The van der Waals surface area contributed by atoms with Crippen molar-refractivity contribution in [3.63, 3.8) is 0 Å². The van der Waals surface area contributed by atoms with Crippen LogP contribution in [-0.2, 0) is 6.42 Å². The Morgan fingerprint density at radius 2 is 1.80 bits per heavy atom. The third-order valence-electron chi connectivity index (χ3n) is 4.85. The maximum atomic E-state index is 4.73. The first-order valence-corrected chi connectivity index (χ1v) is 8.70. The molecule has 1 aliphatic heterocycles. The minimum Gasteiger partial charge on any atom is -0.356 e. The molecule has 0 amide bonds. The molecule has 3 nitrogen and oxygen atoms in total. The van der Waals surface area contributed by atoms with Gasteiger partial charge in [0.15, 0.2) is 0 Å². The van der Waals surface area contributed by atoms with Crippen LogP contribution in [0.4, 0.5) is 5.82 Å². The maximum Gasteiger partial charge on any atom is 0.133 e. The van der Waals surface area contributed by atoms with Gasteiger partial charge < -0.3 is 4.90 Å². The van der Waals surface area contributed by atoms with E-state index >= 15 is 0 Å². The molecule has 4 heteroatoms. The van der Waals surface area contributed by atoms with Crippen LogP contribution in [0.3, 0.4) is 0 Å². The minimum atomic E-state index is 0.563. The largest absolute Gasteiger partial charge is 0.356 e. The summed E-state index contributed by atoms with van der Waals surface area (Å²) in [4.78, 5) is 11.6. The van der Waals surface area contributed by atoms with Gasteiger partial charge in [0.2, 0.25) is 0 Å². The van der Waals surface area contributed by atoms with Crippen LogP contribution in [0.2, 0.25) is 0 Å². The molecular weight excluding hydrogens is 314 g/mol. The summed E-state index contributed by atoms with van der Waals surface area (Å²) in [5, 5.41) is 0. The lowest BCUT2D eigenvalue weighted by Crippen LogP contribution is -2.40. The summed E-state index contributed by atoms with van der Waals surface area (Å²) in [6.45, 7) is 9.08. The Bertz CT molecular complexity index is 433. The van der Waals surface area contributed by atoms with E-state index in [1.165, 1.54) is 25.7 Å². The Balaban J connectivity index is 2.10. The molecule has 1 fully saturated rings. The van der Waals surface area contributed by atoms with E-state index in [2.05, 4.69) is 52.7 Å². The molecule has 0 radical (unpaired) electrons. The lowest BCUT2D eigenvalue weighted by Gasteiger charge is -2.41. The predicted octanol–water partition coefficient (Wildman–Crippen LogP) is 4.60. The molecule has 0 aliphatic carbocycles. The topological polar surface area (TPSA) is 29.0 Å². The fraction of sp³-hybridized carbons (Fsp3) is 0.750. The van der Waals surface area contributed by atoms with Gasteiger partial charge in [-0.1, -0.05) is 33.6 Å². The number of aromatic nitrogens is 2. The molecule has 0 atom stereocenters. The van der Waals surface area contributed by atoms with Crippen LogP contribution >= 0.6 is 15.9 Å². The van der Waals surface area contributed by atoms with Crippen LogP contribution in [0.1, 0.15) is 58.7 Å². The standard InChI is InChI=1S/C16H26BrN3/c1-4-7-14-18-13(17)12-15(19-14)20-10-8-16(5-2,6-3)9-11-20/h12H,4-11H2,1-3H3. The number of piperidine rings is 1. The molecule has 0 spiro atoms. The molecule has 1 saturated heterocycles. The van der Waals surface area contributed by atoms with Gasteiger partial charge in [0, 0.05) is 25.6 Å². The number of rotatable bonds is 5. The van der Waals surface area contributed by atoms with Crippen LogP contribution in [0.5, 0.6) is 0 Å². The Hall–Kier alpha value is -0.640. The van der Waals surface area contributed by atoms with Crippen LogP contribution in [0.25, 0.3) is 0 Å². The number of anilines is 1. The summed E-state index contributed by atoms with van der Waals surface area (Å²) in [5.41, 5.74) is 0.563. The predicted molar refractivity (Wildman–Crippen MR) is 88.2 cm³/mol. The molecule has 20 heavy (non-hydrogen) atoms. The Labute approximate surface area is 131 Å². The number of hydrogen-bond acceptors (Lipinski definition) is 3. The van der Waals surface area contributed by atoms with E-state index in [0.717, 1.165) is 42.2 Å². The van der Waals surface area contributed by atoms with Gasteiger partial charge in [-0.2, -0.15) is 0 Å². The van der Waals surface area contributed by atoms with Crippen molar-refractivity contribution in [3.8, 4) is 0 Å². The van der Waals surface area contributed by atoms with Crippen LogP contribution in [-0.4, -0.2) is 23.1 Å². The number of nitrogens with zero attached hydrogens (tertiary/aromatic N) is 3. The van der Waals surface area contributed by atoms with Gasteiger partial charge in [-0.25, -0.2) is 9.97 Å². The molecule has 0 saturated carbocycles. The van der Waals surface area contributed by atoms with Gasteiger partial charge in [0.25, 0.3) is 0 Å². The number of halogens is 1. The fourth-order valence-corrected chi connectivity index (χ4v) is 3.53. The highest BCUT2D eigenvalue weighted by atomic mass is 79.9. The number of hydrogen-bond donors (Lipinski definition) is 0. The van der Waals surface area contributed by atoms with E-state index in [9.17, 15) is 0 Å². The van der Waals surface area contributed by atoms with E-state index in [-0.39, 0.29) is 0 Å². The third-order valence-corrected chi connectivity index (χ3v) is 5.26. The van der Waals surface area contributed by atoms with Crippen molar-refractivity contribution in [3.05, 3.63) is 16.5 Å². The summed E-state index contributed by atoms with van der Waals surface area (Å²) >= 11 is 3.52. The molecule has 0 aromatic carbocycles. The first-order chi connectivity index (χ1) is 9.62. The molecule has 2 heterocycles. The SMILES string of the molecule is CCCc1nc(Br)cc(N2CCC(CC)(CC)CC2)n1. The smallest absolute Gasteiger partial charge is 0.133 e. The highest BCUT2D eigenvalue weighted by Crippen LogP contribution is 2.38. The van der Waals surface area contributed by atoms with Crippen molar-refractivity contribution in [1.82, 2.24) is 9.97 Å². The average Bonchev–Trinajstić information content (AvgIpc) is 2.47. The van der Waals surface area contributed by atoms with Gasteiger partial charge >= 0.3 is 0 Å². The first kappa shape index (κ1) is 15.7. The van der Waals surface area contributed by atoms with Gasteiger partial charge in [0.05, 0.1) is 0 Å². The van der Waals surface area contributed by atoms with Crippen molar-refractivity contribution in [2.75, 3.05) is 18.0 Å². The first-order valence-electron chi connectivity index (χ1n) is 7.91.